The Hall–Kier alpha value is -1.89. The first-order valence-corrected chi connectivity index (χ1v) is 6.77. The molecule has 0 amide bonds. The summed E-state index contributed by atoms with van der Waals surface area (Å²) in [4.78, 5) is 4.19. The third-order valence-corrected chi connectivity index (χ3v) is 3.27. The maximum Gasteiger partial charge on any atom is 0.179 e. The highest BCUT2D eigenvalue weighted by molar-refractivity contribution is 7.90. The van der Waals surface area contributed by atoms with Gasteiger partial charge in [0, 0.05) is 25.7 Å². The smallest absolute Gasteiger partial charge is 0.179 e. The van der Waals surface area contributed by atoms with Crippen molar-refractivity contribution in [2.45, 2.75) is 4.90 Å². The van der Waals surface area contributed by atoms with Crippen LogP contribution in [0, 0.1) is 0 Å². The SMILES string of the molecule is Cn1cc(Nc2ncccc2S(C)(=O)=O)cn1. The van der Waals surface area contributed by atoms with E-state index in [0.717, 1.165) is 6.26 Å². The minimum Gasteiger partial charge on any atom is -0.337 e. The molecule has 6 nitrogen and oxygen atoms in total. The Morgan fingerprint density at radius 3 is 2.76 bits per heavy atom. The molecule has 7 heteroatoms. The lowest BCUT2D eigenvalue weighted by Gasteiger charge is -2.07. The fraction of sp³-hybridized carbons (Fsp3) is 0.200. The van der Waals surface area contributed by atoms with E-state index in [1.54, 1.807) is 30.2 Å². The van der Waals surface area contributed by atoms with Crippen molar-refractivity contribution in [2.24, 2.45) is 7.05 Å². The van der Waals surface area contributed by atoms with Gasteiger partial charge in [-0.1, -0.05) is 0 Å². The predicted octanol–water partition coefficient (Wildman–Crippen LogP) is 0.962. The molecular formula is C10H12N4O2S. The molecule has 0 saturated carbocycles. The molecule has 0 aliphatic carbocycles. The van der Waals surface area contributed by atoms with E-state index in [0.29, 0.717) is 11.5 Å². The molecular weight excluding hydrogens is 240 g/mol. The van der Waals surface area contributed by atoms with Crippen LogP contribution in [-0.2, 0) is 16.9 Å². The van der Waals surface area contributed by atoms with Crippen molar-refractivity contribution < 1.29 is 8.42 Å². The maximum atomic E-state index is 11.5. The van der Waals surface area contributed by atoms with Gasteiger partial charge in [0.1, 0.15) is 10.7 Å². The molecule has 0 spiro atoms. The lowest BCUT2D eigenvalue weighted by molar-refractivity contribution is 0.602. The van der Waals surface area contributed by atoms with Crippen molar-refractivity contribution in [3.05, 3.63) is 30.7 Å². The lowest BCUT2D eigenvalue weighted by Crippen LogP contribution is -2.04. The van der Waals surface area contributed by atoms with Gasteiger partial charge in [0.25, 0.3) is 0 Å². The molecule has 0 aromatic carbocycles. The Bertz CT molecular complexity index is 633. The summed E-state index contributed by atoms with van der Waals surface area (Å²) in [5, 5.41) is 6.91. The zero-order valence-electron chi connectivity index (χ0n) is 9.45. The second-order valence-electron chi connectivity index (χ2n) is 3.65. The van der Waals surface area contributed by atoms with Crippen LogP contribution in [0.3, 0.4) is 0 Å². The number of hydrogen-bond donors (Lipinski definition) is 1. The molecule has 2 aromatic heterocycles. The average molecular weight is 252 g/mol. The van der Waals surface area contributed by atoms with Crippen molar-refractivity contribution in [2.75, 3.05) is 11.6 Å². The molecule has 2 aromatic rings. The number of rotatable bonds is 3. The van der Waals surface area contributed by atoms with E-state index in [-0.39, 0.29) is 4.90 Å². The zero-order valence-corrected chi connectivity index (χ0v) is 10.3. The van der Waals surface area contributed by atoms with Gasteiger partial charge in [0.05, 0.1) is 11.9 Å². The van der Waals surface area contributed by atoms with Crippen LogP contribution in [0.15, 0.2) is 35.6 Å². The second-order valence-corrected chi connectivity index (χ2v) is 5.63. The summed E-state index contributed by atoms with van der Waals surface area (Å²) in [6.07, 6.45) is 6.02. The standard InChI is InChI=1S/C10H12N4O2S/c1-14-7-8(6-12-14)13-10-9(17(2,15)16)4-3-5-11-10/h3-7H,1-2H3,(H,11,13). The Kier molecular flexibility index (Phi) is 2.84. The summed E-state index contributed by atoms with van der Waals surface area (Å²) >= 11 is 0. The van der Waals surface area contributed by atoms with Crippen LogP contribution in [0.5, 0.6) is 0 Å². The summed E-state index contributed by atoms with van der Waals surface area (Å²) in [5.41, 5.74) is 0.691. The van der Waals surface area contributed by atoms with Crippen LogP contribution in [0.2, 0.25) is 0 Å². The summed E-state index contributed by atoms with van der Waals surface area (Å²) in [7, 11) is -1.52. The van der Waals surface area contributed by atoms with Crippen LogP contribution in [0.4, 0.5) is 11.5 Å². The quantitative estimate of drug-likeness (QED) is 0.880. The highest BCUT2D eigenvalue weighted by Gasteiger charge is 2.14. The van der Waals surface area contributed by atoms with Crippen molar-refractivity contribution in [3.8, 4) is 0 Å². The molecule has 1 N–H and O–H groups in total. The fourth-order valence-corrected chi connectivity index (χ4v) is 2.19. The largest absolute Gasteiger partial charge is 0.337 e. The second kappa shape index (κ2) is 4.17. The molecule has 2 rings (SSSR count). The van der Waals surface area contributed by atoms with Gasteiger partial charge in [-0.3, -0.25) is 4.68 Å². The van der Waals surface area contributed by atoms with E-state index in [1.807, 2.05) is 0 Å². The zero-order chi connectivity index (χ0) is 12.5. The van der Waals surface area contributed by atoms with Crippen molar-refractivity contribution in [3.63, 3.8) is 0 Å². The minimum absolute atomic E-state index is 0.170. The lowest BCUT2D eigenvalue weighted by atomic mass is 10.4. The molecule has 0 unspecified atom stereocenters. The molecule has 17 heavy (non-hydrogen) atoms. The van der Waals surface area contributed by atoms with Gasteiger partial charge in [0.15, 0.2) is 9.84 Å². The normalized spacial score (nSPS) is 11.4. The molecule has 90 valence electrons. The van der Waals surface area contributed by atoms with Crippen molar-refractivity contribution in [1.82, 2.24) is 14.8 Å². The van der Waals surface area contributed by atoms with Gasteiger partial charge in [-0.2, -0.15) is 5.10 Å². The highest BCUT2D eigenvalue weighted by atomic mass is 32.2. The summed E-state index contributed by atoms with van der Waals surface area (Å²) in [6.45, 7) is 0. The predicted molar refractivity (Wildman–Crippen MR) is 63.8 cm³/mol. The van der Waals surface area contributed by atoms with E-state index >= 15 is 0 Å². The number of anilines is 2. The summed E-state index contributed by atoms with van der Waals surface area (Å²) in [6, 6.07) is 3.10. The highest BCUT2D eigenvalue weighted by Crippen LogP contribution is 2.21. The van der Waals surface area contributed by atoms with E-state index < -0.39 is 9.84 Å². The Balaban J connectivity index is 2.40. The van der Waals surface area contributed by atoms with E-state index in [4.69, 9.17) is 0 Å². The van der Waals surface area contributed by atoms with Gasteiger partial charge in [0.2, 0.25) is 0 Å². The summed E-state index contributed by atoms with van der Waals surface area (Å²) in [5.74, 6) is 0.308. The Labute approximate surface area is 99.2 Å². The maximum absolute atomic E-state index is 11.5. The average Bonchev–Trinajstić information content (AvgIpc) is 2.63. The number of aromatic nitrogens is 3. The first-order chi connectivity index (χ1) is 7.97. The van der Waals surface area contributed by atoms with Crippen LogP contribution < -0.4 is 5.32 Å². The van der Waals surface area contributed by atoms with Gasteiger partial charge in [-0.05, 0) is 12.1 Å². The van der Waals surface area contributed by atoms with E-state index in [9.17, 15) is 8.42 Å². The summed E-state index contributed by atoms with van der Waals surface area (Å²) < 4.78 is 24.7. The molecule has 0 aliphatic rings. The molecule has 0 radical (unpaired) electrons. The fourth-order valence-electron chi connectivity index (χ4n) is 1.41. The third kappa shape index (κ3) is 2.62. The van der Waals surface area contributed by atoms with Gasteiger partial charge < -0.3 is 5.32 Å². The van der Waals surface area contributed by atoms with E-state index in [1.165, 1.54) is 12.3 Å². The van der Waals surface area contributed by atoms with E-state index in [2.05, 4.69) is 15.4 Å². The molecule has 2 heterocycles. The van der Waals surface area contributed by atoms with Crippen molar-refractivity contribution in [1.29, 1.82) is 0 Å². The van der Waals surface area contributed by atoms with Gasteiger partial charge in [-0.25, -0.2) is 13.4 Å². The number of sulfone groups is 1. The number of aryl methyl sites for hydroxylation is 1. The monoisotopic (exact) mass is 252 g/mol. The first-order valence-electron chi connectivity index (χ1n) is 4.87. The third-order valence-electron chi connectivity index (χ3n) is 2.14. The van der Waals surface area contributed by atoms with Crippen LogP contribution in [0.1, 0.15) is 0 Å². The van der Waals surface area contributed by atoms with Crippen molar-refractivity contribution >= 4 is 21.3 Å². The molecule has 0 aliphatic heterocycles. The number of pyridine rings is 1. The van der Waals surface area contributed by atoms with Gasteiger partial charge >= 0.3 is 0 Å². The number of nitrogens with one attached hydrogen (secondary N) is 1. The van der Waals surface area contributed by atoms with Crippen LogP contribution >= 0.6 is 0 Å². The van der Waals surface area contributed by atoms with Crippen LogP contribution in [0.25, 0.3) is 0 Å². The molecule has 0 atom stereocenters. The van der Waals surface area contributed by atoms with Gasteiger partial charge in [-0.15, -0.1) is 0 Å². The Morgan fingerprint density at radius 1 is 1.41 bits per heavy atom. The van der Waals surface area contributed by atoms with Crippen LogP contribution in [-0.4, -0.2) is 29.4 Å². The molecule has 0 saturated heterocycles. The molecule has 0 bridgehead atoms. The topological polar surface area (TPSA) is 76.9 Å². The molecule has 0 fully saturated rings. The Morgan fingerprint density at radius 2 is 2.18 bits per heavy atom. The number of hydrogen-bond acceptors (Lipinski definition) is 5. The minimum atomic E-state index is -3.30. The first kappa shape index (κ1) is 11.6. The number of nitrogens with zero attached hydrogens (tertiary/aromatic N) is 3.